The topological polar surface area (TPSA) is 84.8 Å². The van der Waals surface area contributed by atoms with Crippen LogP contribution in [0.15, 0.2) is 0 Å². The van der Waals surface area contributed by atoms with E-state index in [0.29, 0.717) is 6.61 Å². The molecule has 8 nitrogen and oxygen atoms in total. The van der Waals surface area contributed by atoms with Gasteiger partial charge in [0, 0.05) is 13.0 Å². The van der Waals surface area contributed by atoms with Crippen molar-refractivity contribution in [1.82, 2.24) is 0 Å². The fourth-order valence-electron chi connectivity index (χ4n) is 4.37. The van der Waals surface area contributed by atoms with Crippen LogP contribution in [0.3, 0.4) is 0 Å². The number of hydrogen-bond donors (Lipinski definition) is 1. The Morgan fingerprint density at radius 3 is 2.36 bits per heavy atom. The van der Waals surface area contributed by atoms with E-state index in [-0.39, 0.29) is 18.1 Å². The molecular formula is C17H28O8. The van der Waals surface area contributed by atoms with Crippen LogP contribution in [0.4, 0.5) is 0 Å². The minimum Gasteiger partial charge on any atom is -0.387 e. The number of ether oxygens (including phenoxy) is 7. The molecule has 0 aromatic carbocycles. The molecule has 25 heavy (non-hydrogen) atoms. The summed E-state index contributed by atoms with van der Waals surface area (Å²) in [4.78, 5) is 0. The van der Waals surface area contributed by atoms with Crippen molar-refractivity contribution < 1.29 is 38.3 Å². The Morgan fingerprint density at radius 1 is 1.00 bits per heavy atom. The molecule has 1 N–H and O–H groups in total. The molecule has 0 unspecified atom stereocenters. The summed E-state index contributed by atoms with van der Waals surface area (Å²) in [7, 11) is 1.50. The number of rotatable bonds is 2. The maximum Gasteiger partial charge on any atom is 0.228 e. The van der Waals surface area contributed by atoms with E-state index in [1.165, 1.54) is 7.11 Å². The predicted octanol–water partition coefficient (Wildman–Crippen LogP) is 0.753. The van der Waals surface area contributed by atoms with Crippen LogP contribution in [0.5, 0.6) is 0 Å². The summed E-state index contributed by atoms with van der Waals surface area (Å²) in [6.07, 6.45) is -3.24. The number of methoxy groups -OCH3 is 1. The summed E-state index contributed by atoms with van der Waals surface area (Å²) in [6, 6.07) is 0. The highest BCUT2D eigenvalue weighted by Crippen LogP contribution is 2.54. The minimum atomic E-state index is -1.18. The first kappa shape index (κ1) is 18.1. The normalized spacial score (nSPS) is 53.6. The number of aliphatic hydroxyl groups is 1. The minimum absolute atomic E-state index is 0.265. The Bertz CT molecular complexity index is 537. The van der Waals surface area contributed by atoms with Gasteiger partial charge in [0.2, 0.25) is 5.79 Å². The van der Waals surface area contributed by atoms with Crippen LogP contribution in [0.1, 0.15) is 34.6 Å². The molecule has 4 fully saturated rings. The van der Waals surface area contributed by atoms with E-state index in [1.807, 2.05) is 34.6 Å². The molecule has 0 saturated carbocycles. The molecule has 4 aliphatic heterocycles. The Balaban J connectivity index is 1.69. The average molecular weight is 360 g/mol. The van der Waals surface area contributed by atoms with Gasteiger partial charge in [0.05, 0.1) is 6.61 Å². The lowest BCUT2D eigenvalue weighted by molar-refractivity contribution is -0.341. The van der Waals surface area contributed by atoms with Gasteiger partial charge in [0.25, 0.3) is 0 Å². The van der Waals surface area contributed by atoms with Gasteiger partial charge >= 0.3 is 0 Å². The zero-order chi connectivity index (χ0) is 18.2. The van der Waals surface area contributed by atoms with E-state index in [0.717, 1.165) is 0 Å². The molecule has 0 amide bonds. The Labute approximate surface area is 147 Å². The van der Waals surface area contributed by atoms with Gasteiger partial charge in [-0.15, -0.1) is 0 Å². The molecule has 0 aromatic heterocycles. The van der Waals surface area contributed by atoms with Crippen molar-refractivity contribution in [2.45, 2.75) is 88.8 Å². The second-order valence-corrected chi connectivity index (χ2v) is 8.22. The summed E-state index contributed by atoms with van der Waals surface area (Å²) < 4.78 is 41.8. The predicted molar refractivity (Wildman–Crippen MR) is 83.4 cm³/mol. The van der Waals surface area contributed by atoms with Crippen molar-refractivity contribution in [2.24, 2.45) is 5.92 Å². The van der Waals surface area contributed by atoms with Gasteiger partial charge in [-0.25, -0.2) is 0 Å². The third-order valence-electron chi connectivity index (χ3n) is 5.43. The second-order valence-electron chi connectivity index (χ2n) is 8.22. The summed E-state index contributed by atoms with van der Waals surface area (Å²) in [5.41, 5.74) is 0. The third kappa shape index (κ3) is 2.66. The number of aliphatic hydroxyl groups excluding tert-OH is 1. The first-order valence-corrected chi connectivity index (χ1v) is 8.82. The smallest absolute Gasteiger partial charge is 0.228 e. The maximum absolute atomic E-state index is 10.4. The molecule has 144 valence electrons. The van der Waals surface area contributed by atoms with E-state index < -0.39 is 42.0 Å². The molecule has 4 heterocycles. The van der Waals surface area contributed by atoms with Crippen molar-refractivity contribution in [2.75, 3.05) is 13.7 Å². The fraction of sp³-hybridized carbons (Fsp3) is 1.00. The van der Waals surface area contributed by atoms with Crippen LogP contribution in [-0.4, -0.2) is 73.0 Å². The van der Waals surface area contributed by atoms with E-state index in [9.17, 15) is 5.11 Å². The molecule has 4 aliphatic rings. The summed E-state index contributed by atoms with van der Waals surface area (Å²) in [5, 5.41) is 10.4. The van der Waals surface area contributed by atoms with Crippen molar-refractivity contribution in [3.05, 3.63) is 0 Å². The molecule has 0 aromatic rings. The van der Waals surface area contributed by atoms with Crippen LogP contribution in [0, 0.1) is 5.92 Å². The fourth-order valence-corrected chi connectivity index (χ4v) is 4.37. The summed E-state index contributed by atoms with van der Waals surface area (Å²) in [5.74, 6) is -3.04. The largest absolute Gasteiger partial charge is 0.387 e. The quantitative estimate of drug-likeness (QED) is 0.772. The van der Waals surface area contributed by atoms with Crippen molar-refractivity contribution in [3.63, 3.8) is 0 Å². The van der Waals surface area contributed by atoms with Gasteiger partial charge in [0.1, 0.15) is 30.5 Å². The first-order valence-electron chi connectivity index (χ1n) is 8.82. The number of fused-ring (bicyclic) bond motifs is 3. The Kier molecular flexibility index (Phi) is 4.04. The highest BCUT2D eigenvalue weighted by molar-refractivity contribution is 5.11. The molecule has 8 atom stereocenters. The average Bonchev–Trinajstić information content (AvgIpc) is 3.06. The van der Waals surface area contributed by atoms with Crippen molar-refractivity contribution >= 4 is 0 Å². The lowest BCUT2D eigenvalue weighted by Gasteiger charge is -2.38. The summed E-state index contributed by atoms with van der Waals surface area (Å²) >= 11 is 0. The standard InChI is InChI=1S/C17H28O8/c1-8-10(18)14(19-6)21-12(8)17-13(24-16(4,5)25-17)11-9(22-17)7-20-15(2,3)23-11/h8-14,18H,7H2,1-6H3/t8-,9-,10+,11+,12-,13-,14-,17-/m0/s1. The van der Waals surface area contributed by atoms with Gasteiger partial charge in [-0.2, -0.15) is 0 Å². The summed E-state index contributed by atoms with van der Waals surface area (Å²) in [6.45, 7) is 9.66. The molecule has 4 rings (SSSR count). The molecule has 4 saturated heterocycles. The zero-order valence-corrected chi connectivity index (χ0v) is 15.6. The van der Waals surface area contributed by atoms with E-state index in [2.05, 4.69) is 0 Å². The molecule has 0 spiro atoms. The highest BCUT2D eigenvalue weighted by Gasteiger charge is 2.73. The Hall–Kier alpha value is -0.320. The molecule has 0 aliphatic carbocycles. The molecule has 8 heteroatoms. The van der Waals surface area contributed by atoms with E-state index in [1.54, 1.807) is 0 Å². The lowest BCUT2D eigenvalue weighted by Crippen LogP contribution is -2.54. The van der Waals surface area contributed by atoms with Crippen molar-refractivity contribution in [3.8, 4) is 0 Å². The number of hydrogen-bond acceptors (Lipinski definition) is 8. The highest BCUT2D eigenvalue weighted by atomic mass is 16.9. The SMILES string of the molecule is CO[C@H]1O[C@H]([C@@]23O[C@H]4COC(C)(C)O[C@H]4[C@@H]2OC(C)(C)O3)[C@@H](C)[C@H]1O. The Morgan fingerprint density at radius 2 is 1.72 bits per heavy atom. The van der Waals surface area contributed by atoms with Crippen LogP contribution >= 0.6 is 0 Å². The van der Waals surface area contributed by atoms with Crippen LogP contribution in [0.2, 0.25) is 0 Å². The van der Waals surface area contributed by atoms with Gasteiger partial charge in [-0.05, 0) is 27.7 Å². The molecule has 0 radical (unpaired) electrons. The molecule has 0 bridgehead atoms. The van der Waals surface area contributed by atoms with Crippen molar-refractivity contribution in [1.29, 1.82) is 0 Å². The van der Waals surface area contributed by atoms with Crippen LogP contribution < -0.4 is 0 Å². The van der Waals surface area contributed by atoms with E-state index >= 15 is 0 Å². The maximum atomic E-state index is 10.4. The van der Waals surface area contributed by atoms with Gasteiger partial charge in [-0.1, -0.05) is 6.92 Å². The lowest BCUT2D eigenvalue weighted by atomic mass is 9.90. The van der Waals surface area contributed by atoms with Gasteiger partial charge in [0.15, 0.2) is 17.9 Å². The van der Waals surface area contributed by atoms with Crippen LogP contribution in [0.25, 0.3) is 0 Å². The van der Waals surface area contributed by atoms with Gasteiger partial charge < -0.3 is 38.3 Å². The molecular weight excluding hydrogens is 332 g/mol. The monoisotopic (exact) mass is 360 g/mol. The first-order chi connectivity index (χ1) is 11.6. The van der Waals surface area contributed by atoms with E-state index in [4.69, 9.17) is 33.2 Å². The van der Waals surface area contributed by atoms with Gasteiger partial charge in [-0.3, -0.25) is 0 Å². The third-order valence-corrected chi connectivity index (χ3v) is 5.43. The second kappa shape index (κ2) is 5.59. The van der Waals surface area contributed by atoms with Crippen LogP contribution in [-0.2, 0) is 33.2 Å². The zero-order valence-electron chi connectivity index (χ0n) is 15.6.